The lowest BCUT2D eigenvalue weighted by atomic mass is 10.2. The maximum atomic E-state index is 12.2. The summed E-state index contributed by atoms with van der Waals surface area (Å²) in [6, 6.07) is 14.6. The molecule has 2 rings (SSSR count). The van der Waals surface area contributed by atoms with Gasteiger partial charge in [-0.2, -0.15) is 5.26 Å². The van der Waals surface area contributed by atoms with E-state index >= 15 is 0 Å². The Morgan fingerprint density at radius 1 is 1.16 bits per heavy atom. The van der Waals surface area contributed by atoms with Crippen LogP contribution in [-0.2, 0) is 14.8 Å². The summed E-state index contributed by atoms with van der Waals surface area (Å²) in [6.45, 7) is -0.378. The lowest BCUT2D eigenvalue weighted by Crippen LogP contribution is -2.37. The van der Waals surface area contributed by atoms with Crippen molar-refractivity contribution in [2.75, 3.05) is 29.5 Å². The molecule has 0 spiro atoms. The Balaban J connectivity index is 2.15. The molecule has 0 saturated carbocycles. The average Bonchev–Trinajstić information content (AvgIpc) is 2.59. The van der Waals surface area contributed by atoms with Crippen LogP contribution >= 0.6 is 0 Å². The quantitative estimate of drug-likeness (QED) is 0.850. The van der Waals surface area contributed by atoms with Gasteiger partial charge >= 0.3 is 0 Å². The largest absolute Gasteiger partial charge is 0.497 e. The summed E-state index contributed by atoms with van der Waals surface area (Å²) < 4.78 is 30.1. The minimum atomic E-state index is -3.67. The number of carbonyl (C=O) groups is 1. The van der Waals surface area contributed by atoms with Crippen LogP contribution in [0.15, 0.2) is 48.5 Å². The third-order valence-corrected chi connectivity index (χ3v) is 4.49. The van der Waals surface area contributed by atoms with E-state index in [-0.39, 0.29) is 6.54 Å². The molecule has 0 heterocycles. The standard InChI is InChI=1S/C17H17N3O4S/c1-24-16-9-5-14(6-10-16)19-17(21)12-20(25(2,22)23)15-7-3-13(11-18)4-8-15/h3-10H,12H2,1-2H3,(H,19,21). The lowest BCUT2D eigenvalue weighted by Gasteiger charge is -2.22. The van der Waals surface area contributed by atoms with Gasteiger partial charge < -0.3 is 10.1 Å². The lowest BCUT2D eigenvalue weighted by molar-refractivity contribution is -0.114. The minimum absolute atomic E-state index is 0.311. The van der Waals surface area contributed by atoms with Crippen molar-refractivity contribution in [3.8, 4) is 11.8 Å². The van der Waals surface area contributed by atoms with Crippen LogP contribution in [0.4, 0.5) is 11.4 Å². The zero-order chi connectivity index (χ0) is 18.4. The zero-order valence-corrected chi connectivity index (χ0v) is 14.6. The Labute approximate surface area is 146 Å². The van der Waals surface area contributed by atoms with Crippen molar-refractivity contribution >= 4 is 27.3 Å². The molecule has 0 unspecified atom stereocenters. The Morgan fingerprint density at radius 2 is 1.76 bits per heavy atom. The van der Waals surface area contributed by atoms with Crippen LogP contribution in [-0.4, -0.2) is 34.2 Å². The average molecular weight is 359 g/mol. The fraction of sp³-hybridized carbons (Fsp3) is 0.176. The molecule has 0 aliphatic rings. The van der Waals surface area contributed by atoms with E-state index in [0.29, 0.717) is 22.7 Å². The van der Waals surface area contributed by atoms with Gasteiger partial charge in [0.05, 0.1) is 30.7 Å². The molecule has 0 aliphatic carbocycles. The number of hydrogen-bond donors (Lipinski definition) is 1. The van der Waals surface area contributed by atoms with Gasteiger partial charge in [-0.3, -0.25) is 9.10 Å². The fourth-order valence-corrected chi connectivity index (χ4v) is 2.96. The van der Waals surface area contributed by atoms with Gasteiger partial charge in [0.25, 0.3) is 0 Å². The molecule has 0 fully saturated rings. The molecule has 2 aromatic carbocycles. The van der Waals surface area contributed by atoms with E-state index in [9.17, 15) is 13.2 Å². The van der Waals surface area contributed by atoms with Crippen molar-refractivity contribution in [1.82, 2.24) is 0 Å². The highest BCUT2D eigenvalue weighted by Crippen LogP contribution is 2.19. The predicted octanol–water partition coefficient (Wildman–Crippen LogP) is 1.97. The molecule has 1 N–H and O–H groups in total. The van der Waals surface area contributed by atoms with E-state index in [1.54, 1.807) is 24.3 Å². The number of nitrogens with one attached hydrogen (secondary N) is 1. The number of hydrogen-bond acceptors (Lipinski definition) is 5. The highest BCUT2D eigenvalue weighted by Gasteiger charge is 2.21. The molecule has 8 heteroatoms. The summed E-state index contributed by atoms with van der Waals surface area (Å²) in [5.74, 6) is 0.160. The Morgan fingerprint density at radius 3 is 2.24 bits per heavy atom. The Hall–Kier alpha value is -3.05. The number of sulfonamides is 1. The topological polar surface area (TPSA) is 99.5 Å². The first kappa shape index (κ1) is 18.3. The second kappa shape index (κ2) is 7.68. The van der Waals surface area contributed by atoms with Crippen LogP contribution in [0.5, 0.6) is 5.75 Å². The maximum absolute atomic E-state index is 12.2. The van der Waals surface area contributed by atoms with E-state index in [1.165, 1.54) is 31.4 Å². The van der Waals surface area contributed by atoms with Crippen LogP contribution in [0, 0.1) is 11.3 Å². The van der Waals surface area contributed by atoms with Gasteiger partial charge in [0.15, 0.2) is 0 Å². The highest BCUT2D eigenvalue weighted by molar-refractivity contribution is 7.92. The van der Waals surface area contributed by atoms with Crippen molar-refractivity contribution in [2.45, 2.75) is 0 Å². The predicted molar refractivity (Wildman–Crippen MR) is 95.0 cm³/mol. The number of nitriles is 1. The molecular formula is C17H17N3O4S. The first-order valence-electron chi connectivity index (χ1n) is 7.25. The summed E-state index contributed by atoms with van der Waals surface area (Å²) in [5.41, 5.74) is 1.24. The van der Waals surface area contributed by atoms with Crippen LogP contribution in [0.1, 0.15) is 5.56 Å². The van der Waals surface area contributed by atoms with Crippen molar-refractivity contribution in [3.63, 3.8) is 0 Å². The molecule has 7 nitrogen and oxygen atoms in total. The monoisotopic (exact) mass is 359 g/mol. The van der Waals surface area contributed by atoms with Crippen molar-refractivity contribution < 1.29 is 17.9 Å². The molecule has 0 aromatic heterocycles. The summed E-state index contributed by atoms with van der Waals surface area (Å²) in [4.78, 5) is 12.2. The first-order valence-corrected chi connectivity index (χ1v) is 9.10. The molecule has 0 aliphatic heterocycles. The Kier molecular flexibility index (Phi) is 5.62. The van der Waals surface area contributed by atoms with Crippen LogP contribution in [0.2, 0.25) is 0 Å². The molecule has 0 bridgehead atoms. The van der Waals surface area contributed by atoms with E-state index in [4.69, 9.17) is 10.00 Å². The fourth-order valence-electron chi connectivity index (χ4n) is 2.11. The SMILES string of the molecule is COc1ccc(NC(=O)CN(c2ccc(C#N)cc2)S(C)(=O)=O)cc1. The van der Waals surface area contributed by atoms with E-state index in [2.05, 4.69) is 5.32 Å². The molecule has 130 valence electrons. The number of carbonyl (C=O) groups excluding carboxylic acids is 1. The van der Waals surface area contributed by atoms with Crippen LogP contribution in [0.25, 0.3) is 0 Å². The van der Waals surface area contributed by atoms with Crippen molar-refractivity contribution in [1.29, 1.82) is 5.26 Å². The smallest absolute Gasteiger partial charge is 0.245 e. The number of methoxy groups -OCH3 is 1. The highest BCUT2D eigenvalue weighted by atomic mass is 32.2. The molecule has 2 aromatic rings. The van der Waals surface area contributed by atoms with Gasteiger partial charge in [-0.05, 0) is 48.5 Å². The van der Waals surface area contributed by atoms with Gasteiger partial charge in [0.1, 0.15) is 12.3 Å². The molecule has 1 amide bonds. The van der Waals surface area contributed by atoms with E-state index in [0.717, 1.165) is 10.6 Å². The van der Waals surface area contributed by atoms with Gasteiger partial charge in [0.2, 0.25) is 15.9 Å². The van der Waals surface area contributed by atoms with Gasteiger partial charge in [0, 0.05) is 5.69 Å². The van der Waals surface area contributed by atoms with Crippen LogP contribution in [0.3, 0.4) is 0 Å². The van der Waals surface area contributed by atoms with Crippen molar-refractivity contribution in [2.24, 2.45) is 0 Å². The number of nitrogens with zero attached hydrogens (tertiary/aromatic N) is 2. The van der Waals surface area contributed by atoms with E-state index < -0.39 is 15.9 Å². The molecular weight excluding hydrogens is 342 g/mol. The number of rotatable bonds is 6. The summed E-state index contributed by atoms with van der Waals surface area (Å²) >= 11 is 0. The summed E-state index contributed by atoms with van der Waals surface area (Å²) in [7, 11) is -2.13. The third-order valence-electron chi connectivity index (χ3n) is 3.35. The summed E-state index contributed by atoms with van der Waals surface area (Å²) in [6.07, 6.45) is 1.02. The normalized spacial score (nSPS) is 10.6. The van der Waals surface area contributed by atoms with Gasteiger partial charge in [-0.1, -0.05) is 0 Å². The molecule has 0 atom stereocenters. The van der Waals surface area contributed by atoms with Crippen LogP contribution < -0.4 is 14.4 Å². The number of ether oxygens (including phenoxy) is 1. The molecule has 0 radical (unpaired) electrons. The Bertz CT molecular complexity index is 885. The zero-order valence-electron chi connectivity index (χ0n) is 13.8. The molecule has 0 saturated heterocycles. The second-order valence-corrected chi connectivity index (χ2v) is 7.11. The van der Waals surface area contributed by atoms with Crippen molar-refractivity contribution in [3.05, 3.63) is 54.1 Å². The maximum Gasteiger partial charge on any atom is 0.245 e. The summed E-state index contributed by atoms with van der Waals surface area (Å²) in [5, 5.41) is 11.5. The number of benzene rings is 2. The second-order valence-electron chi connectivity index (χ2n) is 5.20. The minimum Gasteiger partial charge on any atom is -0.497 e. The number of anilines is 2. The molecule has 25 heavy (non-hydrogen) atoms. The number of amides is 1. The van der Waals surface area contributed by atoms with Gasteiger partial charge in [-0.15, -0.1) is 0 Å². The first-order chi connectivity index (χ1) is 11.8. The van der Waals surface area contributed by atoms with Gasteiger partial charge in [-0.25, -0.2) is 8.42 Å². The third kappa shape index (κ3) is 4.96. The van der Waals surface area contributed by atoms with E-state index in [1.807, 2.05) is 6.07 Å².